The lowest BCUT2D eigenvalue weighted by Crippen LogP contribution is -2.27. The summed E-state index contributed by atoms with van der Waals surface area (Å²) in [4.78, 5) is 0.136. The van der Waals surface area contributed by atoms with Crippen LogP contribution >= 0.6 is 15.9 Å². The second-order valence-corrected chi connectivity index (χ2v) is 7.65. The van der Waals surface area contributed by atoms with Gasteiger partial charge in [-0.3, -0.25) is 4.21 Å². The van der Waals surface area contributed by atoms with Crippen LogP contribution in [0.1, 0.15) is 0 Å². The Kier molecular flexibility index (Phi) is 5.77. The molecule has 0 aliphatic rings. The van der Waals surface area contributed by atoms with Crippen LogP contribution in [0.4, 0.5) is 0 Å². The summed E-state index contributed by atoms with van der Waals surface area (Å²) in [5.74, 6) is 0.847. The molecule has 1 N–H and O–H groups in total. The van der Waals surface area contributed by atoms with E-state index in [1.54, 1.807) is 6.07 Å². The van der Waals surface area contributed by atoms with E-state index >= 15 is 0 Å². The van der Waals surface area contributed by atoms with Crippen LogP contribution in [0.5, 0.6) is 5.75 Å². The second kappa shape index (κ2) is 6.65. The van der Waals surface area contributed by atoms with Gasteiger partial charge in [-0.25, -0.2) is 13.1 Å². The number of benzene rings is 1. The largest absolute Gasteiger partial charge is 0.496 e. The number of methoxy groups -OCH3 is 1. The summed E-state index contributed by atoms with van der Waals surface area (Å²) >= 11 is 3.23. The normalized spacial score (nSPS) is 13.3. The summed E-state index contributed by atoms with van der Waals surface area (Å²) in [6.45, 7) is 0.148. The smallest absolute Gasteiger partial charge is 0.240 e. The van der Waals surface area contributed by atoms with Gasteiger partial charge >= 0.3 is 0 Å². The Labute approximate surface area is 118 Å². The van der Waals surface area contributed by atoms with Crippen LogP contribution in [0.25, 0.3) is 0 Å². The van der Waals surface area contributed by atoms with Gasteiger partial charge in [0.1, 0.15) is 5.75 Å². The third kappa shape index (κ3) is 4.34. The lowest BCUT2D eigenvalue weighted by atomic mass is 10.3. The van der Waals surface area contributed by atoms with Crippen LogP contribution in [-0.4, -0.2) is 38.3 Å². The van der Waals surface area contributed by atoms with E-state index in [2.05, 4.69) is 20.7 Å². The average molecular weight is 356 g/mol. The Morgan fingerprint density at radius 3 is 2.61 bits per heavy atom. The summed E-state index contributed by atoms with van der Waals surface area (Å²) in [5, 5.41) is 0. The minimum absolute atomic E-state index is 0.136. The van der Waals surface area contributed by atoms with E-state index in [0.717, 1.165) is 0 Å². The quantitative estimate of drug-likeness (QED) is 0.829. The van der Waals surface area contributed by atoms with Crippen molar-refractivity contribution in [3.05, 3.63) is 22.7 Å². The molecule has 0 spiro atoms. The minimum atomic E-state index is -3.57. The van der Waals surface area contributed by atoms with E-state index in [1.807, 2.05) is 0 Å². The Morgan fingerprint density at radius 2 is 2.11 bits per heavy atom. The van der Waals surface area contributed by atoms with Crippen molar-refractivity contribution in [3.63, 3.8) is 0 Å². The molecule has 18 heavy (non-hydrogen) atoms. The first-order valence-corrected chi connectivity index (χ1v) is 9.00. The zero-order chi connectivity index (χ0) is 13.8. The van der Waals surface area contributed by atoms with Gasteiger partial charge in [0.05, 0.1) is 16.5 Å². The molecule has 0 amide bonds. The first kappa shape index (κ1) is 15.6. The third-order valence-corrected chi connectivity index (χ3v) is 4.97. The van der Waals surface area contributed by atoms with Gasteiger partial charge in [-0.1, -0.05) is 0 Å². The number of hydrogen-bond acceptors (Lipinski definition) is 4. The lowest BCUT2D eigenvalue weighted by Gasteiger charge is -2.08. The van der Waals surface area contributed by atoms with Gasteiger partial charge in [-0.05, 0) is 34.1 Å². The SMILES string of the molecule is COc1ccc(S(=O)(=O)NCCS(C)=O)cc1Br. The van der Waals surface area contributed by atoms with Crippen molar-refractivity contribution in [2.45, 2.75) is 4.90 Å². The van der Waals surface area contributed by atoms with Gasteiger partial charge < -0.3 is 4.74 Å². The summed E-state index contributed by atoms with van der Waals surface area (Å²) in [6.07, 6.45) is 1.53. The van der Waals surface area contributed by atoms with Crippen molar-refractivity contribution >= 4 is 36.8 Å². The maximum Gasteiger partial charge on any atom is 0.240 e. The molecule has 8 heteroatoms. The highest BCUT2D eigenvalue weighted by Gasteiger charge is 2.15. The fraction of sp³-hybridized carbons (Fsp3) is 0.400. The monoisotopic (exact) mass is 355 g/mol. The number of rotatable bonds is 6. The molecule has 1 aromatic rings. The fourth-order valence-corrected chi connectivity index (χ4v) is 3.49. The van der Waals surface area contributed by atoms with E-state index < -0.39 is 20.8 Å². The van der Waals surface area contributed by atoms with Crippen LogP contribution < -0.4 is 9.46 Å². The zero-order valence-electron chi connectivity index (χ0n) is 9.97. The molecule has 1 atom stereocenters. The van der Waals surface area contributed by atoms with Gasteiger partial charge in [0.2, 0.25) is 10.0 Å². The summed E-state index contributed by atoms with van der Waals surface area (Å²) < 4.78 is 42.6. The van der Waals surface area contributed by atoms with E-state index in [4.69, 9.17) is 4.74 Å². The lowest BCUT2D eigenvalue weighted by molar-refractivity contribution is 0.411. The number of hydrogen-bond donors (Lipinski definition) is 1. The van der Waals surface area contributed by atoms with E-state index in [0.29, 0.717) is 10.2 Å². The second-order valence-electron chi connectivity index (χ2n) is 3.47. The number of nitrogens with one attached hydrogen (secondary N) is 1. The van der Waals surface area contributed by atoms with E-state index in [-0.39, 0.29) is 17.2 Å². The van der Waals surface area contributed by atoms with Gasteiger partial charge in [-0.2, -0.15) is 0 Å². The molecule has 0 fully saturated rings. The molecule has 0 heterocycles. The number of halogens is 1. The van der Waals surface area contributed by atoms with Crippen molar-refractivity contribution < 1.29 is 17.4 Å². The Bertz CT molecular complexity index is 545. The standard InChI is InChI=1S/C10H14BrNO4S2/c1-16-10-4-3-8(7-9(10)11)18(14,15)12-5-6-17(2)13/h3-4,7,12H,5-6H2,1-2H3. The Balaban J connectivity index is 2.85. The molecule has 0 aliphatic carbocycles. The predicted molar refractivity (Wildman–Crippen MR) is 74.8 cm³/mol. The highest BCUT2D eigenvalue weighted by Crippen LogP contribution is 2.27. The highest BCUT2D eigenvalue weighted by molar-refractivity contribution is 9.10. The molecule has 0 saturated carbocycles. The molecule has 102 valence electrons. The van der Waals surface area contributed by atoms with Gasteiger partial charge in [0.25, 0.3) is 0 Å². The zero-order valence-corrected chi connectivity index (χ0v) is 13.2. The molecule has 5 nitrogen and oxygen atoms in total. The predicted octanol–water partition coefficient (Wildman–Crippen LogP) is 1.11. The van der Waals surface area contributed by atoms with Crippen LogP contribution in [0.2, 0.25) is 0 Å². The molecular formula is C10H14BrNO4S2. The van der Waals surface area contributed by atoms with Crippen LogP contribution in [0.15, 0.2) is 27.6 Å². The molecule has 1 unspecified atom stereocenters. The van der Waals surface area contributed by atoms with Gasteiger partial charge in [0.15, 0.2) is 0 Å². The average Bonchev–Trinajstić information content (AvgIpc) is 2.28. The molecule has 0 aromatic heterocycles. The van der Waals surface area contributed by atoms with Crippen LogP contribution in [-0.2, 0) is 20.8 Å². The van der Waals surface area contributed by atoms with Gasteiger partial charge in [0, 0.05) is 29.4 Å². The van der Waals surface area contributed by atoms with Crippen molar-refractivity contribution in [2.24, 2.45) is 0 Å². The maximum atomic E-state index is 11.9. The first-order valence-electron chi connectivity index (χ1n) is 5.00. The van der Waals surface area contributed by atoms with Gasteiger partial charge in [-0.15, -0.1) is 0 Å². The Morgan fingerprint density at radius 1 is 1.44 bits per heavy atom. The van der Waals surface area contributed by atoms with E-state index in [1.165, 1.54) is 25.5 Å². The van der Waals surface area contributed by atoms with Crippen molar-refractivity contribution in [3.8, 4) is 5.75 Å². The minimum Gasteiger partial charge on any atom is -0.496 e. The molecule has 0 radical (unpaired) electrons. The summed E-state index contributed by atoms with van der Waals surface area (Å²) in [6, 6.07) is 4.48. The molecule has 1 rings (SSSR count). The van der Waals surface area contributed by atoms with Crippen LogP contribution in [0.3, 0.4) is 0 Å². The molecular weight excluding hydrogens is 342 g/mol. The van der Waals surface area contributed by atoms with E-state index in [9.17, 15) is 12.6 Å². The fourth-order valence-electron chi connectivity index (χ4n) is 1.22. The summed E-state index contributed by atoms with van der Waals surface area (Å²) in [5.41, 5.74) is 0. The number of ether oxygens (including phenoxy) is 1. The highest BCUT2D eigenvalue weighted by atomic mass is 79.9. The molecule has 0 bridgehead atoms. The molecule has 0 saturated heterocycles. The Hall–Kier alpha value is -0.440. The van der Waals surface area contributed by atoms with Crippen molar-refractivity contribution in [2.75, 3.05) is 25.7 Å². The number of sulfonamides is 1. The summed E-state index contributed by atoms with van der Waals surface area (Å²) in [7, 11) is -3.09. The van der Waals surface area contributed by atoms with Crippen molar-refractivity contribution in [1.29, 1.82) is 0 Å². The maximum absolute atomic E-state index is 11.9. The van der Waals surface area contributed by atoms with Crippen molar-refractivity contribution in [1.82, 2.24) is 4.72 Å². The topological polar surface area (TPSA) is 72.5 Å². The first-order chi connectivity index (χ1) is 8.36. The third-order valence-electron chi connectivity index (χ3n) is 2.12. The molecule has 1 aromatic carbocycles. The van der Waals surface area contributed by atoms with Crippen LogP contribution in [0, 0.1) is 0 Å². The molecule has 0 aliphatic heterocycles.